The number of hydrogen-bond donors (Lipinski definition) is 1. The first-order chi connectivity index (χ1) is 12.1. The Morgan fingerprint density at radius 2 is 2.08 bits per heavy atom. The van der Waals surface area contributed by atoms with Gasteiger partial charge in [0.1, 0.15) is 6.54 Å². The Morgan fingerprint density at radius 1 is 1.28 bits per heavy atom. The van der Waals surface area contributed by atoms with Crippen LogP contribution in [0.25, 0.3) is 0 Å². The summed E-state index contributed by atoms with van der Waals surface area (Å²) in [7, 11) is 0. The molecule has 1 saturated heterocycles. The molecule has 0 atom stereocenters. The van der Waals surface area contributed by atoms with E-state index in [9.17, 15) is 4.79 Å². The average Bonchev–Trinajstić information content (AvgIpc) is 3.06. The number of aromatic nitrogens is 4. The van der Waals surface area contributed by atoms with Crippen LogP contribution in [0.3, 0.4) is 0 Å². The summed E-state index contributed by atoms with van der Waals surface area (Å²) >= 11 is 11.9. The summed E-state index contributed by atoms with van der Waals surface area (Å²) in [5.74, 6) is 0.202. The molecule has 1 aromatic heterocycles. The van der Waals surface area contributed by atoms with Gasteiger partial charge >= 0.3 is 0 Å². The lowest BCUT2D eigenvalue weighted by atomic mass is 10.1. The lowest BCUT2D eigenvalue weighted by Crippen LogP contribution is -2.30. The van der Waals surface area contributed by atoms with E-state index >= 15 is 0 Å². The molecule has 3 rings (SSSR count). The third kappa shape index (κ3) is 4.90. The molecule has 1 amide bonds. The maximum Gasteiger partial charge on any atom is 0.266 e. The van der Waals surface area contributed by atoms with Crippen LogP contribution in [-0.4, -0.2) is 45.4 Å². The summed E-state index contributed by atoms with van der Waals surface area (Å²) < 4.78 is 0. The van der Waals surface area contributed by atoms with Gasteiger partial charge in [-0.1, -0.05) is 34.4 Å². The standard InChI is InChI=1S/C15H17Cl2N7O/c16-12-5-4-11(13(17)8-12)9-18-19-14(25)10-24-21-15(20-22-24)23-6-2-1-3-7-23/h4-5,8-9H,1-3,6-7,10H2,(H,19,25). The summed E-state index contributed by atoms with van der Waals surface area (Å²) in [6.45, 7) is 1.78. The number of carbonyl (C=O) groups is 1. The van der Waals surface area contributed by atoms with Crippen molar-refractivity contribution in [3.05, 3.63) is 33.8 Å². The highest BCUT2D eigenvalue weighted by molar-refractivity contribution is 6.36. The van der Waals surface area contributed by atoms with Gasteiger partial charge in [-0.15, -0.1) is 5.10 Å². The van der Waals surface area contributed by atoms with Gasteiger partial charge in [0.25, 0.3) is 11.9 Å². The zero-order chi connectivity index (χ0) is 17.6. The average molecular weight is 382 g/mol. The Labute approximate surface area is 154 Å². The molecule has 0 unspecified atom stereocenters. The van der Waals surface area contributed by atoms with Crippen LogP contribution in [0, 0.1) is 0 Å². The molecule has 1 aromatic carbocycles. The van der Waals surface area contributed by atoms with Crippen molar-refractivity contribution in [2.75, 3.05) is 18.0 Å². The van der Waals surface area contributed by atoms with Gasteiger partial charge in [0.2, 0.25) is 0 Å². The smallest absolute Gasteiger partial charge is 0.266 e. The van der Waals surface area contributed by atoms with Crippen LogP contribution in [0.2, 0.25) is 10.0 Å². The summed E-state index contributed by atoms with van der Waals surface area (Å²) in [5.41, 5.74) is 3.06. The van der Waals surface area contributed by atoms with E-state index in [-0.39, 0.29) is 12.5 Å². The highest BCUT2D eigenvalue weighted by atomic mass is 35.5. The van der Waals surface area contributed by atoms with Gasteiger partial charge in [0.15, 0.2) is 0 Å². The molecule has 1 fully saturated rings. The summed E-state index contributed by atoms with van der Waals surface area (Å²) in [6, 6.07) is 5.01. The van der Waals surface area contributed by atoms with E-state index in [0.717, 1.165) is 25.9 Å². The SMILES string of the molecule is O=C(Cn1nnc(N2CCCCC2)n1)NN=Cc1ccc(Cl)cc1Cl. The van der Waals surface area contributed by atoms with E-state index in [1.165, 1.54) is 17.4 Å². The van der Waals surface area contributed by atoms with Crippen molar-refractivity contribution in [3.63, 3.8) is 0 Å². The number of piperidine rings is 1. The minimum atomic E-state index is -0.357. The Kier molecular flexibility index (Phi) is 5.83. The Bertz CT molecular complexity index is 771. The van der Waals surface area contributed by atoms with Gasteiger partial charge in [-0.2, -0.15) is 9.90 Å². The molecule has 1 aliphatic heterocycles. The number of anilines is 1. The van der Waals surface area contributed by atoms with Crippen molar-refractivity contribution in [1.29, 1.82) is 0 Å². The van der Waals surface area contributed by atoms with Crippen LogP contribution in [-0.2, 0) is 11.3 Å². The van der Waals surface area contributed by atoms with E-state index in [1.54, 1.807) is 18.2 Å². The van der Waals surface area contributed by atoms with E-state index in [0.29, 0.717) is 21.6 Å². The predicted molar refractivity (Wildman–Crippen MR) is 96.1 cm³/mol. The van der Waals surface area contributed by atoms with Crippen LogP contribution in [0.1, 0.15) is 24.8 Å². The molecular weight excluding hydrogens is 365 g/mol. The fourth-order valence-corrected chi connectivity index (χ4v) is 2.92. The molecule has 1 N–H and O–H groups in total. The molecule has 132 valence electrons. The van der Waals surface area contributed by atoms with E-state index < -0.39 is 0 Å². The van der Waals surface area contributed by atoms with E-state index in [4.69, 9.17) is 23.2 Å². The Balaban J connectivity index is 1.52. The topological polar surface area (TPSA) is 88.3 Å². The number of nitrogens with one attached hydrogen (secondary N) is 1. The molecule has 1 aliphatic rings. The lowest BCUT2D eigenvalue weighted by molar-refractivity contribution is -0.122. The first-order valence-electron chi connectivity index (χ1n) is 7.91. The highest BCUT2D eigenvalue weighted by Gasteiger charge is 2.16. The quantitative estimate of drug-likeness (QED) is 0.632. The fraction of sp³-hybridized carbons (Fsp3) is 0.400. The van der Waals surface area contributed by atoms with Crippen LogP contribution >= 0.6 is 23.2 Å². The number of nitrogens with zero attached hydrogens (tertiary/aromatic N) is 6. The van der Waals surface area contributed by atoms with Crippen molar-refractivity contribution in [2.45, 2.75) is 25.8 Å². The van der Waals surface area contributed by atoms with Gasteiger partial charge < -0.3 is 4.90 Å². The number of hydrazone groups is 1. The molecule has 2 aromatic rings. The number of rotatable bonds is 5. The fourth-order valence-electron chi connectivity index (χ4n) is 2.47. The second-order valence-corrected chi connectivity index (χ2v) is 6.47. The first-order valence-corrected chi connectivity index (χ1v) is 8.67. The third-order valence-corrected chi connectivity index (χ3v) is 4.28. The van der Waals surface area contributed by atoms with Crippen molar-refractivity contribution >= 4 is 41.3 Å². The second-order valence-electron chi connectivity index (χ2n) is 5.63. The van der Waals surface area contributed by atoms with E-state index in [1.807, 2.05) is 0 Å². The maximum atomic E-state index is 11.9. The molecular formula is C15H17Cl2N7O. The van der Waals surface area contributed by atoms with Crippen LogP contribution in [0.15, 0.2) is 23.3 Å². The molecule has 0 bridgehead atoms. The molecule has 0 spiro atoms. The third-order valence-electron chi connectivity index (χ3n) is 3.72. The summed E-state index contributed by atoms with van der Waals surface area (Å²) in [5, 5.41) is 17.0. The second kappa shape index (κ2) is 8.26. The monoisotopic (exact) mass is 381 g/mol. The molecule has 10 heteroatoms. The van der Waals surface area contributed by atoms with Crippen molar-refractivity contribution in [2.24, 2.45) is 5.10 Å². The molecule has 0 saturated carbocycles. The van der Waals surface area contributed by atoms with Gasteiger partial charge in [-0.05, 0) is 36.6 Å². The van der Waals surface area contributed by atoms with Crippen molar-refractivity contribution in [1.82, 2.24) is 25.6 Å². The minimum absolute atomic E-state index is 0.0630. The normalized spacial score (nSPS) is 14.9. The molecule has 0 aliphatic carbocycles. The summed E-state index contributed by atoms with van der Waals surface area (Å²) in [4.78, 5) is 15.2. The highest BCUT2D eigenvalue weighted by Crippen LogP contribution is 2.19. The predicted octanol–water partition coefficient (Wildman–Crippen LogP) is 2.12. The number of hydrogen-bond acceptors (Lipinski definition) is 6. The molecule has 25 heavy (non-hydrogen) atoms. The molecule has 0 radical (unpaired) electrons. The van der Waals surface area contributed by atoms with Gasteiger partial charge in [-0.25, -0.2) is 5.43 Å². The zero-order valence-corrected chi connectivity index (χ0v) is 14.9. The molecule has 2 heterocycles. The lowest BCUT2D eigenvalue weighted by Gasteiger charge is -2.24. The van der Waals surface area contributed by atoms with Crippen molar-refractivity contribution < 1.29 is 4.79 Å². The van der Waals surface area contributed by atoms with Gasteiger partial charge in [0.05, 0.1) is 11.2 Å². The number of halogens is 2. The van der Waals surface area contributed by atoms with E-state index in [2.05, 4.69) is 30.8 Å². The van der Waals surface area contributed by atoms with Gasteiger partial charge in [0, 0.05) is 23.7 Å². The molecule has 8 nitrogen and oxygen atoms in total. The zero-order valence-electron chi connectivity index (χ0n) is 13.4. The maximum absolute atomic E-state index is 11.9. The Hall–Kier alpha value is -2.19. The number of amides is 1. The minimum Gasteiger partial charge on any atom is -0.338 e. The van der Waals surface area contributed by atoms with Crippen molar-refractivity contribution in [3.8, 4) is 0 Å². The number of carbonyl (C=O) groups excluding carboxylic acids is 1. The largest absolute Gasteiger partial charge is 0.338 e. The number of benzene rings is 1. The van der Waals surface area contributed by atoms with Crippen LogP contribution < -0.4 is 10.3 Å². The summed E-state index contributed by atoms with van der Waals surface area (Å²) in [6.07, 6.45) is 4.92. The number of tetrazole rings is 1. The van der Waals surface area contributed by atoms with Gasteiger partial charge in [-0.3, -0.25) is 4.79 Å². The Morgan fingerprint density at radius 3 is 2.84 bits per heavy atom. The van der Waals surface area contributed by atoms with Crippen LogP contribution in [0.5, 0.6) is 0 Å². The van der Waals surface area contributed by atoms with Crippen LogP contribution in [0.4, 0.5) is 5.95 Å². The first kappa shape index (κ1) is 17.6.